The summed E-state index contributed by atoms with van der Waals surface area (Å²) in [6.45, 7) is 8.88. The maximum Gasteiger partial charge on any atom is 0.437 e. The highest BCUT2D eigenvalue weighted by molar-refractivity contribution is 5.98. The molecule has 1 aromatic heterocycles. The maximum absolute atomic E-state index is 13.3. The Hall–Kier alpha value is -2.98. The highest BCUT2D eigenvalue weighted by Crippen LogP contribution is 2.39. The first-order valence-corrected chi connectivity index (χ1v) is 11.9. The minimum atomic E-state index is -0.721. The van der Waals surface area contributed by atoms with Gasteiger partial charge in [0.25, 0.3) is 5.89 Å². The average Bonchev–Trinajstić information content (AvgIpc) is 3.48. The third-order valence-electron chi connectivity index (χ3n) is 7.07. The predicted molar refractivity (Wildman–Crippen MR) is 135 cm³/mol. The summed E-state index contributed by atoms with van der Waals surface area (Å²) in [5, 5.41) is 7.03. The van der Waals surface area contributed by atoms with Crippen LogP contribution in [0.1, 0.15) is 68.8 Å². The van der Waals surface area contributed by atoms with Crippen molar-refractivity contribution in [3.63, 3.8) is 0 Å². The van der Waals surface area contributed by atoms with Gasteiger partial charge in [-0.2, -0.15) is 4.68 Å². The van der Waals surface area contributed by atoms with Gasteiger partial charge in [0.1, 0.15) is 6.04 Å². The van der Waals surface area contributed by atoms with Crippen LogP contribution in [0.25, 0.3) is 0 Å². The van der Waals surface area contributed by atoms with E-state index in [1.807, 2.05) is 30.9 Å². The normalized spacial score (nSPS) is 18.6. The Kier molecular flexibility index (Phi) is 7.80. The molecule has 0 radical (unpaired) electrons. The lowest BCUT2D eigenvalue weighted by Crippen LogP contribution is -2.51. The van der Waals surface area contributed by atoms with Crippen LogP contribution in [0.15, 0.2) is 33.5 Å². The Morgan fingerprint density at radius 1 is 1.19 bits per heavy atom. The van der Waals surface area contributed by atoms with E-state index in [9.17, 15) is 19.2 Å². The number of benzene rings is 1. The highest BCUT2D eigenvalue weighted by Gasteiger charge is 2.41. The maximum atomic E-state index is 13.3. The lowest BCUT2D eigenvalue weighted by molar-refractivity contribution is -0.138. The smallest absolute Gasteiger partial charge is 0.384 e. The molecule has 2 amide bonds. The van der Waals surface area contributed by atoms with Crippen molar-refractivity contribution in [2.45, 2.75) is 70.6 Å². The van der Waals surface area contributed by atoms with Crippen molar-refractivity contribution in [2.24, 2.45) is 7.05 Å². The fourth-order valence-electron chi connectivity index (χ4n) is 5.05. The summed E-state index contributed by atoms with van der Waals surface area (Å²) in [5.74, 6) is -1.71. The Morgan fingerprint density at radius 3 is 2.53 bits per heavy atom. The van der Waals surface area contributed by atoms with E-state index < -0.39 is 28.7 Å². The quantitative estimate of drug-likeness (QED) is 0.556. The molecule has 0 spiro atoms. The van der Waals surface area contributed by atoms with Crippen molar-refractivity contribution in [3.05, 3.63) is 51.8 Å². The lowest BCUT2D eigenvalue weighted by atomic mass is 9.92. The number of fused-ring (bicyclic) bond motifs is 1. The van der Waals surface area contributed by atoms with Gasteiger partial charge in [-0.3, -0.25) is 14.4 Å². The summed E-state index contributed by atoms with van der Waals surface area (Å²) >= 11 is 0. The molecule has 0 aliphatic carbocycles. The summed E-state index contributed by atoms with van der Waals surface area (Å²) in [4.78, 5) is 54.0. The van der Waals surface area contributed by atoms with Crippen molar-refractivity contribution in [1.82, 2.24) is 24.9 Å². The van der Waals surface area contributed by atoms with Crippen LogP contribution in [0.4, 0.5) is 0 Å². The van der Waals surface area contributed by atoms with E-state index in [-0.39, 0.29) is 43.1 Å². The molecule has 2 aromatic rings. The zero-order chi connectivity index (χ0) is 25.5. The first-order chi connectivity index (χ1) is 16.4. The van der Waals surface area contributed by atoms with Gasteiger partial charge < -0.3 is 19.5 Å². The standard InChI is InChI=1S/C25H33N5O5.ClH/c1-24(2,13-19(31)30-15-16-9-6-7-10-17(16)25(30,3)4)26-14-20(32)29-12-8-11-18(29)21(33)22-27-28(5)23(34)35-22;/h6-7,9-10,18,26H,8,11-15H2,1-5H3;1H/t18-;/m0./s1. The largest absolute Gasteiger partial charge is 0.437 e. The Balaban J connectivity index is 0.00000361. The van der Waals surface area contributed by atoms with E-state index in [4.69, 9.17) is 4.42 Å². The number of hydrogen-bond donors (Lipinski definition) is 1. The van der Waals surface area contributed by atoms with Gasteiger partial charge in [0.15, 0.2) is 0 Å². The Bertz CT molecular complexity index is 1220. The number of halogens is 1. The molecule has 0 saturated carbocycles. The monoisotopic (exact) mass is 519 g/mol. The third kappa shape index (κ3) is 5.24. The van der Waals surface area contributed by atoms with Crippen LogP contribution in [0.2, 0.25) is 0 Å². The molecule has 11 heteroatoms. The number of aryl methyl sites for hydroxylation is 1. The van der Waals surface area contributed by atoms with Crippen LogP contribution >= 0.6 is 12.4 Å². The van der Waals surface area contributed by atoms with Crippen molar-refractivity contribution < 1.29 is 18.8 Å². The van der Waals surface area contributed by atoms with Crippen LogP contribution in [-0.2, 0) is 28.7 Å². The number of carbonyl (C=O) groups excluding carboxylic acids is 3. The first kappa shape index (κ1) is 27.6. The van der Waals surface area contributed by atoms with Gasteiger partial charge in [0, 0.05) is 32.1 Å². The lowest BCUT2D eigenvalue weighted by Gasteiger charge is -2.36. The minimum absolute atomic E-state index is 0. The van der Waals surface area contributed by atoms with Crippen LogP contribution in [0, 0.1) is 0 Å². The van der Waals surface area contributed by atoms with E-state index in [0.29, 0.717) is 25.9 Å². The number of nitrogens with one attached hydrogen (secondary N) is 1. The molecule has 1 aromatic carbocycles. The molecule has 10 nitrogen and oxygen atoms in total. The molecule has 1 atom stereocenters. The molecule has 0 unspecified atom stereocenters. The number of nitrogens with zero attached hydrogens (tertiary/aromatic N) is 4. The average molecular weight is 520 g/mol. The fourth-order valence-corrected chi connectivity index (χ4v) is 5.05. The van der Waals surface area contributed by atoms with E-state index in [1.54, 1.807) is 0 Å². The molecular weight excluding hydrogens is 486 g/mol. The highest BCUT2D eigenvalue weighted by atomic mass is 35.5. The number of aromatic nitrogens is 2. The zero-order valence-corrected chi connectivity index (χ0v) is 22.2. The topological polar surface area (TPSA) is 118 Å². The second-order valence-corrected chi connectivity index (χ2v) is 10.5. The van der Waals surface area contributed by atoms with Crippen LogP contribution < -0.4 is 11.1 Å². The van der Waals surface area contributed by atoms with Gasteiger partial charge in [0.05, 0.1) is 12.1 Å². The number of likely N-dealkylation sites (tertiary alicyclic amines) is 1. The third-order valence-corrected chi connectivity index (χ3v) is 7.07. The summed E-state index contributed by atoms with van der Waals surface area (Å²) in [7, 11) is 1.40. The van der Waals surface area contributed by atoms with Crippen molar-refractivity contribution in [1.29, 1.82) is 0 Å². The molecule has 3 heterocycles. The van der Waals surface area contributed by atoms with Gasteiger partial charge in [-0.05, 0) is 51.7 Å². The molecule has 4 rings (SSSR count). The summed E-state index contributed by atoms with van der Waals surface area (Å²) in [5.41, 5.74) is 1.27. The molecule has 1 N–H and O–H groups in total. The van der Waals surface area contributed by atoms with Gasteiger partial charge in [-0.15, -0.1) is 17.5 Å². The number of amides is 2. The van der Waals surface area contributed by atoms with Crippen LogP contribution in [0.5, 0.6) is 0 Å². The van der Waals surface area contributed by atoms with Crippen molar-refractivity contribution in [3.8, 4) is 0 Å². The van der Waals surface area contributed by atoms with Crippen molar-refractivity contribution >= 4 is 30.0 Å². The second kappa shape index (κ2) is 10.2. The van der Waals surface area contributed by atoms with Gasteiger partial charge >= 0.3 is 5.76 Å². The number of hydrogen-bond acceptors (Lipinski definition) is 7. The zero-order valence-electron chi connectivity index (χ0n) is 21.4. The van der Waals surface area contributed by atoms with Crippen LogP contribution in [-0.4, -0.2) is 61.8 Å². The summed E-state index contributed by atoms with van der Waals surface area (Å²) in [6.07, 6.45) is 1.38. The molecule has 36 heavy (non-hydrogen) atoms. The van der Waals surface area contributed by atoms with Gasteiger partial charge in [-0.1, -0.05) is 24.3 Å². The number of Topliss-reactive ketones (excluding diaryl/α,β-unsaturated/α-hetero) is 1. The van der Waals surface area contributed by atoms with Gasteiger partial charge in [0.2, 0.25) is 17.6 Å². The van der Waals surface area contributed by atoms with Crippen LogP contribution in [0.3, 0.4) is 0 Å². The van der Waals surface area contributed by atoms with Crippen molar-refractivity contribution in [2.75, 3.05) is 13.1 Å². The molecule has 1 saturated heterocycles. The Morgan fingerprint density at radius 2 is 1.89 bits per heavy atom. The van der Waals surface area contributed by atoms with Gasteiger partial charge in [-0.25, -0.2) is 4.79 Å². The molecule has 196 valence electrons. The van der Waals surface area contributed by atoms with E-state index in [1.165, 1.54) is 11.9 Å². The molecule has 0 bridgehead atoms. The molecule has 1 fully saturated rings. The predicted octanol–water partition coefficient (Wildman–Crippen LogP) is 2.00. The van der Waals surface area contributed by atoms with E-state index in [0.717, 1.165) is 15.8 Å². The van der Waals surface area contributed by atoms with E-state index >= 15 is 0 Å². The SMILES string of the molecule is Cl.Cn1nc(C(=O)[C@@H]2CCCN2C(=O)CNC(C)(C)CC(=O)N2Cc3ccccc3C2(C)C)oc1=O. The molecule has 2 aliphatic heterocycles. The number of rotatable bonds is 7. The molecular formula is C25H34ClN5O5. The first-order valence-electron chi connectivity index (χ1n) is 11.9. The fraction of sp³-hybridized carbons (Fsp3) is 0.560. The number of carbonyl (C=O) groups is 3. The Labute approximate surface area is 216 Å². The summed E-state index contributed by atoms with van der Waals surface area (Å²) < 4.78 is 5.87. The second-order valence-electron chi connectivity index (χ2n) is 10.5. The minimum Gasteiger partial charge on any atom is -0.384 e. The number of ketones is 1. The molecule has 2 aliphatic rings. The van der Waals surface area contributed by atoms with E-state index in [2.05, 4.69) is 36.4 Å². The summed E-state index contributed by atoms with van der Waals surface area (Å²) in [6, 6.07) is 7.38.